The van der Waals surface area contributed by atoms with Crippen LogP contribution in [0.4, 0.5) is 5.69 Å². The zero-order valence-electron chi connectivity index (χ0n) is 11.1. The second-order valence-electron chi connectivity index (χ2n) is 4.86. The summed E-state index contributed by atoms with van der Waals surface area (Å²) in [5.41, 5.74) is -2.33. The largest absolute Gasteiger partial charge is 0.394 e. The SMILES string of the molecule is O=C(NC1(CO)CCOCC1)c1cc([N+](=O)[O-])c[nH]c1=O. The van der Waals surface area contributed by atoms with Crippen molar-refractivity contribution in [2.45, 2.75) is 18.4 Å². The van der Waals surface area contributed by atoms with Crippen LogP contribution in [0.3, 0.4) is 0 Å². The molecule has 9 nitrogen and oxygen atoms in total. The third-order valence-electron chi connectivity index (χ3n) is 3.47. The van der Waals surface area contributed by atoms with E-state index in [9.17, 15) is 24.8 Å². The Bertz CT molecular complexity index is 605. The van der Waals surface area contributed by atoms with Gasteiger partial charge in [-0.3, -0.25) is 19.7 Å². The van der Waals surface area contributed by atoms with E-state index in [-0.39, 0.29) is 17.9 Å². The molecule has 1 aliphatic rings. The summed E-state index contributed by atoms with van der Waals surface area (Å²) < 4.78 is 5.17. The van der Waals surface area contributed by atoms with E-state index in [0.29, 0.717) is 26.1 Å². The van der Waals surface area contributed by atoms with E-state index >= 15 is 0 Å². The van der Waals surface area contributed by atoms with Gasteiger partial charge in [0.15, 0.2) is 0 Å². The zero-order chi connectivity index (χ0) is 15.5. The van der Waals surface area contributed by atoms with Crippen LogP contribution in [0.2, 0.25) is 0 Å². The first-order valence-electron chi connectivity index (χ1n) is 6.36. The number of amides is 1. The topological polar surface area (TPSA) is 135 Å². The molecular weight excluding hydrogens is 282 g/mol. The van der Waals surface area contributed by atoms with Gasteiger partial charge in [0.1, 0.15) is 5.56 Å². The third-order valence-corrected chi connectivity index (χ3v) is 3.47. The van der Waals surface area contributed by atoms with Crippen LogP contribution in [0.1, 0.15) is 23.2 Å². The van der Waals surface area contributed by atoms with Gasteiger partial charge in [-0.05, 0) is 12.8 Å². The van der Waals surface area contributed by atoms with E-state index in [0.717, 1.165) is 12.3 Å². The van der Waals surface area contributed by atoms with Crippen molar-refractivity contribution in [2.75, 3.05) is 19.8 Å². The fraction of sp³-hybridized carbons (Fsp3) is 0.500. The molecule has 0 aromatic carbocycles. The molecule has 0 unspecified atom stereocenters. The Morgan fingerprint density at radius 2 is 2.19 bits per heavy atom. The zero-order valence-corrected chi connectivity index (χ0v) is 11.1. The summed E-state index contributed by atoms with van der Waals surface area (Å²) in [5, 5.41) is 22.8. The Hall–Kier alpha value is -2.26. The number of carbonyl (C=O) groups is 1. The summed E-state index contributed by atoms with van der Waals surface area (Å²) in [6, 6.07) is 0.915. The van der Waals surface area contributed by atoms with Gasteiger partial charge in [-0.25, -0.2) is 0 Å². The van der Waals surface area contributed by atoms with Gasteiger partial charge in [0.2, 0.25) is 0 Å². The maximum atomic E-state index is 12.2. The third kappa shape index (κ3) is 3.26. The number of nitro groups is 1. The minimum Gasteiger partial charge on any atom is -0.394 e. The number of hydrogen-bond donors (Lipinski definition) is 3. The average molecular weight is 297 g/mol. The second-order valence-corrected chi connectivity index (χ2v) is 4.86. The summed E-state index contributed by atoms with van der Waals surface area (Å²) >= 11 is 0. The van der Waals surface area contributed by atoms with Gasteiger partial charge >= 0.3 is 0 Å². The molecule has 114 valence electrons. The van der Waals surface area contributed by atoms with Gasteiger partial charge in [-0.1, -0.05) is 0 Å². The van der Waals surface area contributed by atoms with Crippen molar-refractivity contribution < 1.29 is 19.6 Å². The highest BCUT2D eigenvalue weighted by molar-refractivity contribution is 5.94. The van der Waals surface area contributed by atoms with Crippen LogP contribution < -0.4 is 10.9 Å². The highest BCUT2D eigenvalue weighted by Gasteiger charge is 2.34. The Morgan fingerprint density at radius 3 is 2.76 bits per heavy atom. The van der Waals surface area contributed by atoms with Crippen LogP contribution in [-0.2, 0) is 4.74 Å². The molecule has 0 aliphatic carbocycles. The number of rotatable bonds is 4. The number of H-pyrrole nitrogens is 1. The lowest BCUT2D eigenvalue weighted by atomic mass is 9.90. The number of aliphatic hydroxyl groups is 1. The fourth-order valence-corrected chi connectivity index (χ4v) is 2.14. The molecule has 0 spiro atoms. The molecule has 1 amide bonds. The lowest BCUT2D eigenvalue weighted by Gasteiger charge is -2.36. The second kappa shape index (κ2) is 6.02. The minimum atomic E-state index is -0.869. The number of carbonyl (C=O) groups excluding carboxylic acids is 1. The number of hydrogen-bond acceptors (Lipinski definition) is 6. The molecule has 2 rings (SSSR count). The smallest absolute Gasteiger partial charge is 0.286 e. The van der Waals surface area contributed by atoms with Gasteiger partial charge in [0.05, 0.1) is 23.3 Å². The Balaban J connectivity index is 2.25. The van der Waals surface area contributed by atoms with Crippen molar-refractivity contribution in [1.29, 1.82) is 0 Å². The molecule has 1 saturated heterocycles. The predicted molar refractivity (Wildman–Crippen MR) is 71.1 cm³/mol. The van der Waals surface area contributed by atoms with Crippen molar-refractivity contribution in [1.82, 2.24) is 10.3 Å². The molecule has 9 heteroatoms. The summed E-state index contributed by atoms with van der Waals surface area (Å²) in [6.07, 6.45) is 1.74. The Morgan fingerprint density at radius 1 is 1.52 bits per heavy atom. The van der Waals surface area contributed by atoms with Gasteiger partial charge in [-0.15, -0.1) is 0 Å². The maximum absolute atomic E-state index is 12.2. The summed E-state index contributed by atoms with van der Waals surface area (Å²) in [5.74, 6) is -0.754. The first kappa shape index (κ1) is 15.1. The van der Waals surface area contributed by atoms with Crippen LogP contribution in [-0.4, -0.2) is 46.3 Å². The van der Waals surface area contributed by atoms with Crippen LogP contribution in [0.25, 0.3) is 0 Å². The molecule has 3 N–H and O–H groups in total. The van der Waals surface area contributed by atoms with Crippen LogP contribution in [0.5, 0.6) is 0 Å². The summed E-state index contributed by atoms with van der Waals surface area (Å²) in [7, 11) is 0. The number of ether oxygens (including phenoxy) is 1. The van der Waals surface area contributed by atoms with Crippen molar-refractivity contribution >= 4 is 11.6 Å². The number of aliphatic hydroxyl groups excluding tert-OH is 1. The lowest BCUT2D eigenvalue weighted by molar-refractivity contribution is -0.385. The standard InChI is InChI=1S/C12H15N3O6/c16-7-12(1-3-21-4-2-12)14-11(18)9-5-8(15(19)20)6-13-10(9)17/h5-6,16H,1-4,7H2,(H,13,17)(H,14,18). The van der Waals surface area contributed by atoms with Gasteiger partial charge in [0.25, 0.3) is 17.2 Å². The van der Waals surface area contributed by atoms with Gasteiger partial charge in [0, 0.05) is 19.3 Å². The highest BCUT2D eigenvalue weighted by Crippen LogP contribution is 2.20. The molecular formula is C12H15N3O6. The van der Waals surface area contributed by atoms with E-state index in [4.69, 9.17) is 4.74 Å². The Kier molecular flexibility index (Phi) is 4.34. The molecule has 1 aromatic rings. The number of aromatic amines is 1. The molecule has 0 atom stereocenters. The molecule has 21 heavy (non-hydrogen) atoms. The molecule has 0 radical (unpaired) electrons. The number of nitrogens with zero attached hydrogens (tertiary/aromatic N) is 1. The average Bonchev–Trinajstić information content (AvgIpc) is 2.48. The van der Waals surface area contributed by atoms with Crippen LogP contribution >= 0.6 is 0 Å². The minimum absolute atomic E-state index is 0.297. The molecule has 1 aliphatic heterocycles. The van der Waals surface area contributed by atoms with Crippen molar-refractivity contribution in [3.8, 4) is 0 Å². The predicted octanol–water partition coefficient (Wildman–Crippen LogP) is -0.446. The Labute approximate surface area is 119 Å². The number of aromatic nitrogens is 1. The lowest BCUT2D eigenvalue weighted by Crippen LogP contribution is -2.55. The van der Waals surface area contributed by atoms with E-state index in [2.05, 4.69) is 10.3 Å². The number of nitrogens with one attached hydrogen (secondary N) is 2. The summed E-state index contributed by atoms with van der Waals surface area (Å²) in [6.45, 7) is 0.465. The molecule has 0 bridgehead atoms. The van der Waals surface area contributed by atoms with Crippen molar-refractivity contribution in [2.24, 2.45) is 0 Å². The van der Waals surface area contributed by atoms with Crippen LogP contribution in [0.15, 0.2) is 17.1 Å². The fourth-order valence-electron chi connectivity index (χ4n) is 2.14. The normalized spacial score (nSPS) is 17.2. The van der Waals surface area contributed by atoms with E-state index in [1.54, 1.807) is 0 Å². The van der Waals surface area contributed by atoms with Crippen LogP contribution in [0, 0.1) is 10.1 Å². The van der Waals surface area contributed by atoms with E-state index < -0.39 is 21.9 Å². The van der Waals surface area contributed by atoms with Crippen molar-refractivity contribution in [3.05, 3.63) is 38.3 Å². The number of pyridine rings is 1. The van der Waals surface area contributed by atoms with E-state index in [1.165, 1.54) is 0 Å². The van der Waals surface area contributed by atoms with Gasteiger partial charge < -0.3 is 20.1 Å². The first-order valence-corrected chi connectivity index (χ1v) is 6.36. The molecule has 2 heterocycles. The van der Waals surface area contributed by atoms with Crippen molar-refractivity contribution in [3.63, 3.8) is 0 Å². The first-order chi connectivity index (χ1) is 9.97. The monoisotopic (exact) mass is 297 g/mol. The molecule has 1 fully saturated rings. The van der Waals surface area contributed by atoms with E-state index in [1.807, 2.05) is 0 Å². The summed E-state index contributed by atoms with van der Waals surface area (Å²) in [4.78, 5) is 36.0. The highest BCUT2D eigenvalue weighted by atomic mass is 16.6. The maximum Gasteiger partial charge on any atom is 0.286 e. The molecule has 0 saturated carbocycles. The molecule has 1 aromatic heterocycles. The van der Waals surface area contributed by atoms with Gasteiger partial charge in [-0.2, -0.15) is 0 Å². The quantitative estimate of drug-likeness (QED) is 0.509.